The summed E-state index contributed by atoms with van der Waals surface area (Å²) < 4.78 is 0. The minimum absolute atomic E-state index is 0. The molecule has 2 N–H and O–H groups in total. The summed E-state index contributed by atoms with van der Waals surface area (Å²) in [5.41, 5.74) is 7.47. The monoisotopic (exact) mass is 254 g/mol. The molecule has 1 rings (SSSR count). The molecule has 0 bridgehead atoms. The zero-order valence-electron chi connectivity index (χ0n) is 9.95. The van der Waals surface area contributed by atoms with E-state index in [1.54, 1.807) is 5.57 Å². The summed E-state index contributed by atoms with van der Waals surface area (Å²) in [5, 5.41) is 0. The van der Waals surface area contributed by atoms with Crippen LogP contribution in [0, 0.1) is 5.41 Å². The zero-order chi connectivity index (χ0) is 9.90. The van der Waals surface area contributed by atoms with Crippen LogP contribution < -0.4 is 5.73 Å². The number of nitrogens with zero attached hydrogens (tertiary/aromatic N) is 1. The van der Waals surface area contributed by atoms with Crippen LogP contribution in [0.4, 0.5) is 0 Å². The van der Waals surface area contributed by atoms with E-state index in [0.717, 1.165) is 19.6 Å². The second-order valence-electron chi connectivity index (χ2n) is 4.82. The maximum Gasteiger partial charge on any atom is 0.0166 e. The topological polar surface area (TPSA) is 29.3 Å². The van der Waals surface area contributed by atoms with Crippen LogP contribution in [0.5, 0.6) is 0 Å². The fourth-order valence-electron chi connectivity index (χ4n) is 1.78. The molecule has 4 heteroatoms. The second-order valence-corrected chi connectivity index (χ2v) is 4.82. The highest BCUT2D eigenvalue weighted by atomic mass is 35.5. The third-order valence-corrected chi connectivity index (χ3v) is 2.70. The van der Waals surface area contributed by atoms with E-state index in [1.165, 1.54) is 13.0 Å². The van der Waals surface area contributed by atoms with Crippen LogP contribution in [0.2, 0.25) is 0 Å². The normalized spacial score (nSPS) is 17.5. The van der Waals surface area contributed by atoms with Gasteiger partial charge in [0.05, 0.1) is 0 Å². The maximum absolute atomic E-state index is 5.52. The fourth-order valence-corrected chi connectivity index (χ4v) is 1.78. The number of hydrogen-bond donors (Lipinski definition) is 1. The minimum atomic E-state index is 0. The molecule has 0 fully saturated rings. The Balaban J connectivity index is 0. The SMILES string of the molecule is CC(C)(C)C1=CCN(CCN)CC1.Cl.Cl. The Morgan fingerprint density at radius 3 is 2.27 bits per heavy atom. The number of nitrogens with two attached hydrogens (primary N) is 1. The lowest BCUT2D eigenvalue weighted by Gasteiger charge is -2.31. The van der Waals surface area contributed by atoms with Gasteiger partial charge in [-0.25, -0.2) is 0 Å². The Bertz CT molecular complexity index is 197. The Morgan fingerprint density at radius 2 is 1.93 bits per heavy atom. The van der Waals surface area contributed by atoms with E-state index < -0.39 is 0 Å². The van der Waals surface area contributed by atoms with Gasteiger partial charge in [-0.2, -0.15) is 0 Å². The van der Waals surface area contributed by atoms with Crippen molar-refractivity contribution in [1.82, 2.24) is 4.90 Å². The molecule has 0 saturated carbocycles. The van der Waals surface area contributed by atoms with Crippen molar-refractivity contribution in [3.8, 4) is 0 Å². The van der Waals surface area contributed by atoms with Gasteiger partial charge in [-0.05, 0) is 11.8 Å². The van der Waals surface area contributed by atoms with Gasteiger partial charge in [0.25, 0.3) is 0 Å². The van der Waals surface area contributed by atoms with Crippen LogP contribution in [-0.4, -0.2) is 31.1 Å². The molecule has 1 aliphatic heterocycles. The molecule has 0 atom stereocenters. The van der Waals surface area contributed by atoms with Gasteiger partial charge >= 0.3 is 0 Å². The number of rotatable bonds is 2. The molecule has 0 aliphatic carbocycles. The minimum Gasteiger partial charge on any atom is -0.329 e. The average molecular weight is 255 g/mol. The zero-order valence-corrected chi connectivity index (χ0v) is 11.6. The predicted molar refractivity (Wildman–Crippen MR) is 72.1 cm³/mol. The quantitative estimate of drug-likeness (QED) is 0.768. The van der Waals surface area contributed by atoms with Crippen molar-refractivity contribution in [3.05, 3.63) is 11.6 Å². The Kier molecular flexibility index (Phi) is 8.82. The lowest BCUT2D eigenvalue weighted by atomic mass is 9.83. The Labute approximate surface area is 106 Å². The molecule has 15 heavy (non-hydrogen) atoms. The second kappa shape index (κ2) is 7.50. The molecule has 0 aromatic carbocycles. The van der Waals surface area contributed by atoms with E-state index >= 15 is 0 Å². The summed E-state index contributed by atoms with van der Waals surface area (Å²) >= 11 is 0. The standard InChI is InChI=1S/C11H22N2.2ClH/c1-11(2,3)10-4-7-13(8-5-10)9-6-12;;/h4H,5-9,12H2,1-3H3;2*1H. The average Bonchev–Trinajstić information content (AvgIpc) is 2.04. The van der Waals surface area contributed by atoms with Gasteiger partial charge in [0.1, 0.15) is 0 Å². The highest BCUT2D eigenvalue weighted by Gasteiger charge is 2.20. The van der Waals surface area contributed by atoms with E-state index in [9.17, 15) is 0 Å². The Hall–Kier alpha value is 0.240. The van der Waals surface area contributed by atoms with Crippen LogP contribution in [0.25, 0.3) is 0 Å². The van der Waals surface area contributed by atoms with Crippen molar-refractivity contribution in [2.75, 3.05) is 26.2 Å². The first kappa shape index (κ1) is 17.6. The van der Waals surface area contributed by atoms with Crippen molar-refractivity contribution in [2.45, 2.75) is 27.2 Å². The molecule has 0 aromatic heterocycles. The van der Waals surface area contributed by atoms with Gasteiger partial charge in [0, 0.05) is 26.2 Å². The number of hydrogen-bond acceptors (Lipinski definition) is 2. The van der Waals surface area contributed by atoms with Gasteiger partial charge in [-0.3, -0.25) is 4.90 Å². The summed E-state index contributed by atoms with van der Waals surface area (Å²) in [7, 11) is 0. The van der Waals surface area contributed by atoms with E-state index in [1.807, 2.05) is 0 Å². The van der Waals surface area contributed by atoms with Crippen LogP contribution >= 0.6 is 24.8 Å². The van der Waals surface area contributed by atoms with E-state index in [2.05, 4.69) is 31.7 Å². The number of halogens is 2. The lowest BCUT2D eigenvalue weighted by Crippen LogP contribution is -2.34. The largest absolute Gasteiger partial charge is 0.329 e. The molecular formula is C11H24Cl2N2. The van der Waals surface area contributed by atoms with Gasteiger partial charge in [-0.15, -0.1) is 24.8 Å². The molecule has 0 radical (unpaired) electrons. The van der Waals surface area contributed by atoms with Crippen molar-refractivity contribution in [2.24, 2.45) is 11.1 Å². The molecule has 0 unspecified atom stereocenters. The highest BCUT2D eigenvalue weighted by molar-refractivity contribution is 5.85. The van der Waals surface area contributed by atoms with E-state index in [4.69, 9.17) is 5.73 Å². The molecule has 1 heterocycles. The Morgan fingerprint density at radius 1 is 1.33 bits per heavy atom. The first-order valence-corrected chi connectivity index (χ1v) is 5.16. The van der Waals surface area contributed by atoms with Crippen molar-refractivity contribution in [3.63, 3.8) is 0 Å². The third kappa shape index (κ3) is 5.76. The summed E-state index contributed by atoms with van der Waals surface area (Å²) in [6.07, 6.45) is 3.59. The van der Waals surface area contributed by atoms with Gasteiger partial charge in [-0.1, -0.05) is 32.4 Å². The smallest absolute Gasteiger partial charge is 0.0166 e. The molecule has 2 nitrogen and oxygen atoms in total. The van der Waals surface area contributed by atoms with Gasteiger partial charge in [0.2, 0.25) is 0 Å². The summed E-state index contributed by atoms with van der Waals surface area (Å²) in [5.74, 6) is 0. The van der Waals surface area contributed by atoms with Crippen LogP contribution in [0.1, 0.15) is 27.2 Å². The summed E-state index contributed by atoms with van der Waals surface area (Å²) in [6.45, 7) is 10.9. The maximum atomic E-state index is 5.52. The molecule has 0 spiro atoms. The van der Waals surface area contributed by atoms with Crippen molar-refractivity contribution >= 4 is 24.8 Å². The highest BCUT2D eigenvalue weighted by Crippen LogP contribution is 2.29. The summed E-state index contributed by atoms with van der Waals surface area (Å²) in [6, 6.07) is 0. The van der Waals surface area contributed by atoms with Crippen LogP contribution in [0.3, 0.4) is 0 Å². The van der Waals surface area contributed by atoms with Gasteiger partial charge in [0.15, 0.2) is 0 Å². The van der Waals surface area contributed by atoms with Gasteiger partial charge < -0.3 is 5.73 Å². The summed E-state index contributed by atoms with van der Waals surface area (Å²) in [4.78, 5) is 2.41. The third-order valence-electron chi connectivity index (χ3n) is 2.70. The lowest BCUT2D eigenvalue weighted by molar-refractivity contribution is 0.286. The molecule has 92 valence electrons. The first-order valence-electron chi connectivity index (χ1n) is 5.16. The molecule has 0 amide bonds. The molecule has 0 saturated heterocycles. The van der Waals surface area contributed by atoms with Crippen molar-refractivity contribution < 1.29 is 0 Å². The predicted octanol–water partition coefficient (Wildman–Crippen LogP) is 2.47. The van der Waals surface area contributed by atoms with Crippen LogP contribution in [0.15, 0.2) is 11.6 Å². The molecule has 1 aliphatic rings. The van der Waals surface area contributed by atoms with E-state index in [0.29, 0.717) is 5.41 Å². The fraction of sp³-hybridized carbons (Fsp3) is 0.818. The molecular weight excluding hydrogens is 231 g/mol. The van der Waals surface area contributed by atoms with E-state index in [-0.39, 0.29) is 24.8 Å². The first-order chi connectivity index (χ1) is 6.04. The van der Waals surface area contributed by atoms with Crippen molar-refractivity contribution in [1.29, 1.82) is 0 Å². The van der Waals surface area contributed by atoms with Crippen LogP contribution in [-0.2, 0) is 0 Å². The molecule has 0 aromatic rings.